The van der Waals surface area contributed by atoms with Gasteiger partial charge in [0.05, 0.1) is 29.3 Å². The number of methoxy groups -OCH3 is 1. The molecule has 24 heavy (non-hydrogen) atoms. The van der Waals surface area contributed by atoms with Crippen LogP contribution in [0.5, 0.6) is 11.5 Å². The molecule has 0 spiro atoms. The van der Waals surface area contributed by atoms with Crippen molar-refractivity contribution in [3.05, 3.63) is 57.0 Å². The largest absolute Gasteiger partial charge is 0.493 e. The van der Waals surface area contributed by atoms with Crippen molar-refractivity contribution in [3.8, 4) is 17.6 Å². The summed E-state index contributed by atoms with van der Waals surface area (Å²) in [5, 5.41) is 10.1. The highest BCUT2D eigenvalue weighted by atomic mass is 79.9. The third-order valence-corrected chi connectivity index (χ3v) is 4.03. The molecule has 0 radical (unpaired) electrons. The van der Waals surface area contributed by atoms with Gasteiger partial charge in [-0.15, -0.1) is 0 Å². The predicted octanol–water partition coefficient (Wildman–Crippen LogP) is 5.96. The number of nitrogens with zero attached hydrogens (tertiary/aromatic N) is 1. The molecule has 2 aromatic rings. The van der Waals surface area contributed by atoms with Gasteiger partial charge in [-0.2, -0.15) is 5.26 Å². The van der Waals surface area contributed by atoms with Gasteiger partial charge in [0.25, 0.3) is 0 Å². The molecule has 2 rings (SSSR count). The van der Waals surface area contributed by atoms with Crippen LogP contribution in [0.15, 0.2) is 40.9 Å². The lowest BCUT2D eigenvalue weighted by Gasteiger charge is -2.16. The Hall–Kier alpha value is -1.96. The second-order valence-electron chi connectivity index (χ2n) is 5.38. The maximum atomic E-state index is 9.46. The number of benzene rings is 2. The van der Waals surface area contributed by atoms with Gasteiger partial charge in [0.15, 0.2) is 11.5 Å². The number of hydrogen-bond acceptors (Lipinski definition) is 3. The first-order chi connectivity index (χ1) is 11.4. The summed E-state index contributed by atoms with van der Waals surface area (Å²) in [5.41, 5.74) is 2.18. The van der Waals surface area contributed by atoms with Crippen LogP contribution in [0.1, 0.15) is 25.0 Å². The van der Waals surface area contributed by atoms with Crippen LogP contribution in [-0.4, -0.2) is 13.2 Å². The molecule has 0 aliphatic heterocycles. The lowest BCUT2D eigenvalue weighted by atomic mass is 10.0. The van der Waals surface area contributed by atoms with E-state index in [9.17, 15) is 5.26 Å². The van der Waals surface area contributed by atoms with E-state index in [1.165, 1.54) is 0 Å². The Morgan fingerprint density at radius 3 is 2.46 bits per heavy atom. The van der Waals surface area contributed by atoms with E-state index in [-0.39, 0.29) is 6.10 Å². The molecule has 5 heteroatoms. The van der Waals surface area contributed by atoms with Gasteiger partial charge >= 0.3 is 0 Å². The molecular weight excluding hydrogens is 390 g/mol. The van der Waals surface area contributed by atoms with Gasteiger partial charge < -0.3 is 9.47 Å². The van der Waals surface area contributed by atoms with Gasteiger partial charge in [-0.3, -0.25) is 0 Å². The standard InChI is InChI=1S/C19H17BrClNO2/c1-12(2)24-19-17(20)9-13(10-18(19)23-3)8-15(11-22)14-4-6-16(21)7-5-14/h4-10,12H,1-3H3/b15-8-. The molecule has 0 atom stereocenters. The van der Waals surface area contributed by atoms with Crippen molar-refractivity contribution in [1.82, 2.24) is 0 Å². The minimum absolute atomic E-state index is 0.0281. The Bertz CT molecular complexity index is 792. The molecule has 0 heterocycles. The van der Waals surface area contributed by atoms with Crippen molar-refractivity contribution in [2.75, 3.05) is 7.11 Å². The monoisotopic (exact) mass is 405 g/mol. The number of hydrogen-bond donors (Lipinski definition) is 0. The van der Waals surface area contributed by atoms with E-state index in [2.05, 4.69) is 22.0 Å². The molecule has 0 aromatic heterocycles. The van der Waals surface area contributed by atoms with Crippen molar-refractivity contribution < 1.29 is 9.47 Å². The smallest absolute Gasteiger partial charge is 0.175 e. The summed E-state index contributed by atoms with van der Waals surface area (Å²) in [4.78, 5) is 0. The van der Waals surface area contributed by atoms with E-state index < -0.39 is 0 Å². The molecule has 0 amide bonds. The van der Waals surface area contributed by atoms with E-state index in [4.69, 9.17) is 21.1 Å². The summed E-state index contributed by atoms with van der Waals surface area (Å²) < 4.78 is 12.0. The molecule has 124 valence electrons. The van der Waals surface area contributed by atoms with Crippen LogP contribution in [0.25, 0.3) is 11.6 Å². The number of rotatable bonds is 5. The second-order valence-corrected chi connectivity index (χ2v) is 6.67. The normalized spacial score (nSPS) is 11.3. The topological polar surface area (TPSA) is 42.2 Å². The van der Waals surface area contributed by atoms with Gasteiger partial charge in [0.1, 0.15) is 0 Å². The fraction of sp³-hybridized carbons (Fsp3) is 0.211. The molecule has 0 N–H and O–H groups in total. The summed E-state index contributed by atoms with van der Waals surface area (Å²) in [6.07, 6.45) is 1.83. The fourth-order valence-corrected chi connectivity index (χ4v) is 2.83. The van der Waals surface area contributed by atoms with Crippen molar-refractivity contribution in [2.24, 2.45) is 0 Å². The van der Waals surface area contributed by atoms with Crippen LogP contribution < -0.4 is 9.47 Å². The van der Waals surface area contributed by atoms with Crippen molar-refractivity contribution in [3.63, 3.8) is 0 Å². The average Bonchev–Trinajstić information content (AvgIpc) is 2.55. The second kappa shape index (κ2) is 8.23. The molecule has 2 aromatic carbocycles. The van der Waals surface area contributed by atoms with Gasteiger partial charge in [-0.1, -0.05) is 23.7 Å². The van der Waals surface area contributed by atoms with Gasteiger partial charge in [0, 0.05) is 5.02 Å². The minimum atomic E-state index is 0.0281. The number of ether oxygens (including phenoxy) is 2. The number of nitriles is 1. The third kappa shape index (κ3) is 4.53. The van der Waals surface area contributed by atoms with Crippen molar-refractivity contribution in [2.45, 2.75) is 20.0 Å². The van der Waals surface area contributed by atoms with E-state index >= 15 is 0 Å². The molecule has 0 unspecified atom stereocenters. The molecule has 0 fully saturated rings. The van der Waals surface area contributed by atoms with Gasteiger partial charge in [-0.05, 0) is 71.2 Å². The van der Waals surface area contributed by atoms with Crippen LogP contribution >= 0.6 is 27.5 Å². The highest BCUT2D eigenvalue weighted by Crippen LogP contribution is 2.38. The predicted molar refractivity (Wildman–Crippen MR) is 101 cm³/mol. The SMILES string of the molecule is COc1cc(/C=C(/C#N)c2ccc(Cl)cc2)cc(Br)c1OC(C)C. The third-order valence-electron chi connectivity index (χ3n) is 3.19. The molecule has 0 aliphatic rings. The molecule has 0 aliphatic carbocycles. The average molecular weight is 407 g/mol. The summed E-state index contributed by atoms with van der Waals surface area (Å²) >= 11 is 9.41. The Morgan fingerprint density at radius 2 is 1.92 bits per heavy atom. The van der Waals surface area contributed by atoms with Gasteiger partial charge in [0.2, 0.25) is 0 Å². The highest BCUT2D eigenvalue weighted by Gasteiger charge is 2.13. The number of allylic oxidation sites excluding steroid dienone is 1. The first-order valence-electron chi connectivity index (χ1n) is 7.36. The summed E-state index contributed by atoms with van der Waals surface area (Å²) in [5.74, 6) is 1.26. The first kappa shape index (κ1) is 18.4. The Kier molecular flexibility index (Phi) is 6.30. The van der Waals surface area contributed by atoms with Crippen molar-refractivity contribution >= 4 is 39.2 Å². The Labute approximate surface area is 155 Å². The van der Waals surface area contributed by atoms with Crippen molar-refractivity contribution in [1.29, 1.82) is 5.26 Å². The zero-order valence-corrected chi connectivity index (χ0v) is 16.0. The van der Waals surface area contributed by atoms with Crippen LogP contribution in [0.2, 0.25) is 5.02 Å². The lowest BCUT2D eigenvalue weighted by molar-refractivity contribution is 0.228. The van der Waals surface area contributed by atoms with E-state index in [1.807, 2.05) is 38.1 Å². The summed E-state index contributed by atoms with van der Waals surface area (Å²) in [6, 6.07) is 13.1. The first-order valence-corrected chi connectivity index (χ1v) is 8.53. The molecule has 0 saturated heterocycles. The van der Waals surface area contributed by atoms with Crippen LogP contribution in [-0.2, 0) is 0 Å². The minimum Gasteiger partial charge on any atom is -0.493 e. The number of halogens is 2. The molecule has 0 bridgehead atoms. The molecule has 3 nitrogen and oxygen atoms in total. The van der Waals surface area contributed by atoms with E-state index in [0.717, 1.165) is 15.6 Å². The lowest BCUT2D eigenvalue weighted by Crippen LogP contribution is -2.07. The quantitative estimate of drug-likeness (QED) is 0.454. The fourth-order valence-electron chi connectivity index (χ4n) is 2.15. The zero-order chi connectivity index (χ0) is 17.7. The van der Waals surface area contributed by atoms with Gasteiger partial charge in [-0.25, -0.2) is 0 Å². The molecule has 0 saturated carbocycles. The van der Waals surface area contributed by atoms with Crippen LogP contribution in [0.4, 0.5) is 0 Å². The zero-order valence-electron chi connectivity index (χ0n) is 13.6. The maximum Gasteiger partial charge on any atom is 0.175 e. The molecular formula is C19H17BrClNO2. The highest BCUT2D eigenvalue weighted by molar-refractivity contribution is 9.10. The van der Waals surface area contributed by atoms with E-state index in [0.29, 0.717) is 22.1 Å². The van der Waals surface area contributed by atoms with Crippen LogP contribution in [0, 0.1) is 11.3 Å². The maximum absolute atomic E-state index is 9.46. The Morgan fingerprint density at radius 1 is 1.25 bits per heavy atom. The van der Waals surface area contributed by atoms with Crippen LogP contribution in [0.3, 0.4) is 0 Å². The summed E-state index contributed by atoms with van der Waals surface area (Å²) in [6.45, 7) is 3.90. The Balaban J connectivity index is 2.46. The van der Waals surface area contributed by atoms with E-state index in [1.54, 1.807) is 25.3 Å². The summed E-state index contributed by atoms with van der Waals surface area (Å²) in [7, 11) is 1.59.